The second-order valence-electron chi connectivity index (χ2n) is 9.12. The largest absolute Gasteiger partial charge is 0.457 e. The van der Waals surface area contributed by atoms with Crippen molar-refractivity contribution in [3.8, 4) is 22.8 Å². The lowest BCUT2D eigenvalue weighted by molar-refractivity contribution is 0.262. The van der Waals surface area contributed by atoms with Crippen molar-refractivity contribution < 1.29 is 26.9 Å². The van der Waals surface area contributed by atoms with E-state index in [-0.39, 0.29) is 29.0 Å². The van der Waals surface area contributed by atoms with Gasteiger partial charge in [-0.25, -0.2) is 22.6 Å². The molecule has 2 amide bonds. The quantitative estimate of drug-likeness (QED) is 0.219. The Morgan fingerprint density at radius 2 is 1.82 bits per heavy atom. The molecule has 0 bridgehead atoms. The number of carbonyl (C=O) groups is 1. The molecule has 14 heteroatoms. The third-order valence-corrected chi connectivity index (χ3v) is 6.16. The number of fused-ring (bicyclic) bond motifs is 1. The fourth-order valence-electron chi connectivity index (χ4n) is 3.77. The van der Waals surface area contributed by atoms with E-state index in [9.17, 15) is 17.6 Å². The molecule has 3 N–H and O–H groups in total. The van der Waals surface area contributed by atoms with Gasteiger partial charge in [0, 0.05) is 41.5 Å². The molecule has 0 unspecified atom stereocenters. The van der Waals surface area contributed by atoms with E-state index in [1.165, 1.54) is 30.5 Å². The molecule has 0 saturated heterocycles. The highest BCUT2D eigenvalue weighted by Crippen LogP contribution is 2.31. The van der Waals surface area contributed by atoms with Crippen LogP contribution in [0.25, 0.3) is 22.2 Å². The van der Waals surface area contributed by atoms with Gasteiger partial charge in [0.25, 0.3) is 0 Å². The summed E-state index contributed by atoms with van der Waals surface area (Å²) in [5.74, 6) is -0.327. The average Bonchev–Trinajstić information content (AvgIpc) is 3.51. The normalized spacial score (nSPS) is 11.5. The number of halogens is 1. The minimum Gasteiger partial charge on any atom is -0.457 e. The summed E-state index contributed by atoms with van der Waals surface area (Å²) < 4.78 is 52.4. The topological polar surface area (TPSA) is 153 Å². The van der Waals surface area contributed by atoms with Gasteiger partial charge in [-0.1, -0.05) is 5.16 Å². The van der Waals surface area contributed by atoms with Crippen molar-refractivity contribution in [2.24, 2.45) is 0 Å². The Hall–Kier alpha value is -4.98. The van der Waals surface area contributed by atoms with Crippen LogP contribution >= 0.6 is 0 Å². The number of sulfonamides is 1. The van der Waals surface area contributed by atoms with Gasteiger partial charge in [-0.05, 0) is 50.2 Å². The van der Waals surface area contributed by atoms with Crippen molar-refractivity contribution in [1.82, 2.24) is 19.9 Å². The Bertz CT molecular complexity index is 1820. The second-order valence-corrected chi connectivity index (χ2v) is 10.9. The number of amides is 2. The molecule has 40 heavy (non-hydrogen) atoms. The molecule has 206 valence electrons. The van der Waals surface area contributed by atoms with Crippen molar-refractivity contribution in [3.63, 3.8) is 0 Å². The first-order valence-electron chi connectivity index (χ1n) is 12.0. The molecule has 5 aromatic rings. The van der Waals surface area contributed by atoms with E-state index < -0.39 is 21.9 Å². The number of hydrogen-bond acceptors (Lipinski definition) is 8. The molecule has 0 atom stereocenters. The Balaban J connectivity index is 1.31. The summed E-state index contributed by atoms with van der Waals surface area (Å²) in [6, 6.07) is 11.5. The Morgan fingerprint density at radius 3 is 2.58 bits per heavy atom. The first kappa shape index (κ1) is 26.6. The number of carbonyl (C=O) groups excluding carboxylic acids is 1. The highest BCUT2D eigenvalue weighted by molar-refractivity contribution is 7.92. The fourth-order valence-corrected chi connectivity index (χ4v) is 4.27. The molecule has 5 rings (SSSR count). The monoisotopic (exact) mass is 565 g/mol. The van der Waals surface area contributed by atoms with E-state index >= 15 is 0 Å². The van der Waals surface area contributed by atoms with Crippen LogP contribution in [0.3, 0.4) is 0 Å². The third-order valence-electron chi connectivity index (χ3n) is 5.58. The number of anilines is 3. The van der Waals surface area contributed by atoms with Crippen LogP contribution in [0, 0.1) is 5.82 Å². The molecule has 12 nitrogen and oxygen atoms in total. The average molecular weight is 566 g/mol. The molecule has 0 radical (unpaired) electrons. The number of nitrogens with zero attached hydrogens (tertiary/aromatic N) is 4. The number of urea groups is 1. The van der Waals surface area contributed by atoms with Crippen LogP contribution in [0.15, 0.2) is 71.6 Å². The lowest BCUT2D eigenvalue weighted by Crippen LogP contribution is -2.20. The fraction of sp³-hybridized carbons (Fsp3) is 0.154. The number of aromatic nitrogens is 4. The minimum absolute atomic E-state index is 0.0281. The van der Waals surface area contributed by atoms with E-state index in [0.717, 1.165) is 23.3 Å². The predicted molar refractivity (Wildman–Crippen MR) is 147 cm³/mol. The van der Waals surface area contributed by atoms with Gasteiger partial charge in [0.05, 0.1) is 23.8 Å². The van der Waals surface area contributed by atoms with Gasteiger partial charge in [-0.15, -0.1) is 0 Å². The van der Waals surface area contributed by atoms with Crippen molar-refractivity contribution in [2.45, 2.75) is 19.9 Å². The maximum atomic E-state index is 14.9. The molecule has 0 saturated carbocycles. The zero-order chi connectivity index (χ0) is 28.4. The number of hydrogen-bond donors (Lipinski definition) is 3. The maximum Gasteiger partial charge on any atom is 0.323 e. The summed E-state index contributed by atoms with van der Waals surface area (Å²) in [6.45, 7) is 3.91. The van der Waals surface area contributed by atoms with Gasteiger partial charge in [-0.3, -0.25) is 9.40 Å². The van der Waals surface area contributed by atoms with Crippen LogP contribution in [0.4, 0.5) is 26.4 Å². The van der Waals surface area contributed by atoms with Crippen LogP contribution in [-0.2, 0) is 10.0 Å². The van der Waals surface area contributed by atoms with Crippen LogP contribution < -0.4 is 20.1 Å². The summed E-state index contributed by atoms with van der Waals surface area (Å²) in [5, 5.41) is 14.4. The molecule has 0 fully saturated rings. The van der Waals surface area contributed by atoms with Gasteiger partial charge in [0.1, 0.15) is 28.8 Å². The molecular formula is C26H24FN7O5S. The summed E-state index contributed by atoms with van der Waals surface area (Å²) >= 11 is 0. The Kier molecular flexibility index (Phi) is 7.09. The maximum absolute atomic E-state index is 14.9. The Labute approximate surface area is 228 Å². The van der Waals surface area contributed by atoms with Crippen molar-refractivity contribution in [1.29, 1.82) is 0 Å². The second kappa shape index (κ2) is 10.6. The summed E-state index contributed by atoms with van der Waals surface area (Å²) in [7, 11) is -3.53. The van der Waals surface area contributed by atoms with Crippen LogP contribution in [0.2, 0.25) is 0 Å². The van der Waals surface area contributed by atoms with E-state index in [1.807, 2.05) is 26.0 Å². The summed E-state index contributed by atoms with van der Waals surface area (Å²) in [6.07, 6.45) is 5.63. The molecule has 0 spiro atoms. The minimum atomic E-state index is -3.53. The van der Waals surface area contributed by atoms with Crippen LogP contribution in [-0.4, -0.2) is 40.6 Å². The number of nitrogens with one attached hydrogen (secondary N) is 3. The molecule has 0 aliphatic heterocycles. The van der Waals surface area contributed by atoms with E-state index in [2.05, 4.69) is 30.6 Å². The standard InChI is InChI=1S/C26H24FN7O5S/c1-15(2)34-14-22(25(32-34)16-4-7-23-17(10-16)13-29-39-23)31-26(35)30-21-6-5-18(11-20(21)27)38-19-8-9-28-24(12-19)33-40(3,36)37/h4-15H,1-3H3,(H,28,33)(H2,30,31,35). The van der Waals surface area contributed by atoms with Gasteiger partial charge >= 0.3 is 6.03 Å². The smallest absolute Gasteiger partial charge is 0.323 e. The first-order valence-corrected chi connectivity index (χ1v) is 13.9. The number of pyridine rings is 1. The molecule has 0 aliphatic carbocycles. The summed E-state index contributed by atoms with van der Waals surface area (Å²) in [4.78, 5) is 16.8. The zero-order valence-corrected chi connectivity index (χ0v) is 22.4. The van der Waals surface area contributed by atoms with E-state index in [1.54, 1.807) is 23.1 Å². The summed E-state index contributed by atoms with van der Waals surface area (Å²) in [5.41, 5.74) is 2.24. The third kappa shape index (κ3) is 6.18. The van der Waals surface area contributed by atoms with Crippen molar-refractivity contribution >= 4 is 44.2 Å². The predicted octanol–water partition coefficient (Wildman–Crippen LogP) is 5.61. The number of rotatable bonds is 8. The highest BCUT2D eigenvalue weighted by atomic mass is 32.2. The molecule has 2 aromatic carbocycles. The van der Waals surface area contributed by atoms with Gasteiger partial charge < -0.3 is 19.9 Å². The van der Waals surface area contributed by atoms with E-state index in [0.29, 0.717) is 17.0 Å². The van der Waals surface area contributed by atoms with Gasteiger partial charge in [0.15, 0.2) is 5.58 Å². The lowest BCUT2D eigenvalue weighted by atomic mass is 10.1. The molecule has 3 aromatic heterocycles. The molecule has 3 heterocycles. The van der Waals surface area contributed by atoms with Crippen molar-refractivity contribution in [3.05, 3.63) is 72.9 Å². The lowest BCUT2D eigenvalue weighted by Gasteiger charge is -2.11. The number of ether oxygens (including phenoxy) is 1. The van der Waals surface area contributed by atoms with Gasteiger partial charge in [-0.2, -0.15) is 5.10 Å². The molecular weight excluding hydrogens is 541 g/mol. The van der Waals surface area contributed by atoms with Crippen LogP contribution in [0.1, 0.15) is 19.9 Å². The van der Waals surface area contributed by atoms with Crippen LogP contribution in [0.5, 0.6) is 11.5 Å². The molecule has 0 aliphatic rings. The highest BCUT2D eigenvalue weighted by Gasteiger charge is 2.17. The van der Waals surface area contributed by atoms with Crippen molar-refractivity contribution in [2.75, 3.05) is 21.6 Å². The SMILES string of the molecule is CC(C)n1cc(NC(=O)Nc2ccc(Oc3ccnc(NS(C)(=O)=O)c3)cc2F)c(-c2ccc3oncc3c2)n1. The first-order chi connectivity index (χ1) is 19.0. The van der Waals surface area contributed by atoms with Gasteiger partial charge in [0.2, 0.25) is 10.0 Å². The number of benzene rings is 2. The Morgan fingerprint density at radius 1 is 1.05 bits per heavy atom. The zero-order valence-electron chi connectivity index (χ0n) is 21.5. The van der Waals surface area contributed by atoms with E-state index in [4.69, 9.17) is 9.26 Å².